The van der Waals surface area contributed by atoms with Gasteiger partial charge in [0.2, 0.25) is 5.91 Å². The molecule has 5 rings (SSSR count). The van der Waals surface area contributed by atoms with E-state index < -0.39 is 0 Å². The molecule has 1 fully saturated rings. The van der Waals surface area contributed by atoms with Crippen LogP contribution in [0.15, 0.2) is 58.5 Å². The maximum Gasteiger partial charge on any atom is 0.262 e. The number of benzene rings is 2. The van der Waals surface area contributed by atoms with Gasteiger partial charge in [-0.05, 0) is 43.5 Å². The van der Waals surface area contributed by atoms with E-state index in [0.717, 1.165) is 51.4 Å². The van der Waals surface area contributed by atoms with Gasteiger partial charge in [-0.1, -0.05) is 42.1 Å². The van der Waals surface area contributed by atoms with Crippen molar-refractivity contribution in [2.75, 3.05) is 44.3 Å². The zero-order valence-electron chi connectivity index (χ0n) is 19.5. The predicted octanol–water partition coefficient (Wildman–Crippen LogP) is 3.19. The normalized spacial score (nSPS) is 17.1. The zero-order chi connectivity index (χ0) is 23.5. The molecular formula is C26H30N4O3S. The second-order valence-electron chi connectivity index (χ2n) is 8.80. The summed E-state index contributed by atoms with van der Waals surface area (Å²) in [5.41, 5.74) is 2.83. The highest BCUT2D eigenvalue weighted by atomic mass is 32.2. The number of rotatable bonds is 7. The molecule has 2 aromatic carbocycles. The summed E-state index contributed by atoms with van der Waals surface area (Å²) in [6.07, 6.45) is 1.72. The largest absolute Gasteiger partial charge is 0.379 e. The van der Waals surface area contributed by atoms with Crippen LogP contribution in [-0.4, -0.2) is 65.0 Å². The SMILES string of the molecule is CC(Sc1nc2ccccc2c(=O)n1CCCN1CCOCC1)C(=O)N1CCc2ccccc21. The lowest BCUT2D eigenvalue weighted by molar-refractivity contribution is -0.117. The molecular weight excluding hydrogens is 448 g/mol. The summed E-state index contributed by atoms with van der Waals surface area (Å²) in [6.45, 7) is 7.46. The molecule has 0 bridgehead atoms. The number of carbonyl (C=O) groups excluding carboxylic acids is 1. The van der Waals surface area contributed by atoms with Crippen molar-refractivity contribution in [1.29, 1.82) is 0 Å². The van der Waals surface area contributed by atoms with Crippen molar-refractivity contribution in [2.24, 2.45) is 0 Å². The molecule has 0 aliphatic carbocycles. The number of hydrogen-bond acceptors (Lipinski definition) is 6. The Hall–Kier alpha value is -2.68. The van der Waals surface area contributed by atoms with Gasteiger partial charge in [0, 0.05) is 38.4 Å². The molecule has 178 valence electrons. The monoisotopic (exact) mass is 478 g/mol. The first kappa shape index (κ1) is 23.1. The quantitative estimate of drug-likeness (QED) is 0.384. The third-order valence-electron chi connectivity index (χ3n) is 6.57. The average molecular weight is 479 g/mol. The summed E-state index contributed by atoms with van der Waals surface area (Å²) >= 11 is 1.38. The first-order valence-electron chi connectivity index (χ1n) is 12.0. The highest BCUT2D eigenvalue weighted by molar-refractivity contribution is 8.00. The molecule has 1 amide bonds. The number of amides is 1. The molecule has 7 nitrogen and oxygen atoms in total. The van der Waals surface area contributed by atoms with E-state index in [4.69, 9.17) is 9.72 Å². The van der Waals surface area contributed by atoms with E-state index in [1.165, 1.54) is 17.3 Å². The van der Waals surface area contributed by atoms with Crippen LogP contribution >= 0.6 is 11.8 Å². The number of anilines is 1. The minimum atomic E-state index is -0.357. The number of nitrogens with zero attached hydrogens (tertiary/aromatic N) is 4. The highest BCUT2D eigenvalue weighted by Crippen LogP contribution is 2.31. The standard InChI is InChI=1S/C26H30N4O3S/c1-19(24(31)29-14-11-20-7-2-5-10-23(20)29)34-26-27-22-9-4-3-8-21(22)25(32)30(26)13-6-12-28-15-17-33-18-16-28/h2-5,7-10,19H,6,11-18H2,1H3. The maximum absolute atomic E-state index is 13.4. The first-order chi connectivity index (χ1) is 16.6. The number of para-hydroxylation sites is 2. The first-order valence-corrected chi connectivity index (χ1v) is 12.9. The van der Waals surface area contributed by atoms with E-state index in [0.29, 0.717) is 29.1 Å². The van der Waals surface area contributed by atoms with Crippen molar-refractivity contribution in [3.8, 4) is 0 Å². The van der Waals surface area contributed by atoms with Crippen molar-refractivity contribution in [1.82, 2.24) is 14.5 Å². The minimum Gasteiger partial charge on any atom is -0.379 e. The average Bonchev–Trinajstić information content (AvgIpc) is 3.30. The van der Waals surface area contributed by atoms with Crippen LogP contribution in [0.2, 0.25) is 0 Å². The smallest absolute Gasteiger partial charge is 0.262 e. The van der Waals surface area contributed by atoms with Crippen molar-refractivity contribution in [3.05, 3.63) is 64.4 Å². The Morgan fingerprint density at radius 3 is 2.68 bits per heavy atom. The van der Waals surface area contributed by atoms with Crippen LogP contribution in [-0.2, 0) is 22.5 Å². The van der Waals surface area contributed by atoms with Crippen molar-refractivity contribution < 1.29 is 9.53 Å². The van der Waals surface area contributed by atoms with Gasteiger partial charge in [-0.2, -0.15) is 0 Å². The van der Waals surface area contributed by atoms with Gasteiger partial charge in [0.1, 0.15) is 0 Å². The second-order valence-corrected chi connectivity index (χ2v) is 10.1. The van der Waals surface area contributed by atoms with Gasteiger partial charge in [-0.25, -0.2) is 4.98 Å². The Kier molecular flexibility index (Phi) is 6.99. The Morgan fingerprint density at radius 1 is 1.06 bits per heavy atom. The summed E-state index contributed by atoms with van der Waals surface area (Å²) < 4.78 is 7.19. The number of ether oxygens (including phenoxy) is 1. The number of morpholine rings is 1. The van der Waals surface area contributed by atoms with Gasteiger partial charge in [0.25, 0.3) is 5.56 Å². The molecule has 1 aromatic heterocycles. The Morgan fingerprint density at radius 2 is 1.82 bits per heavy atom. The molecule has 0 saturated carbocycles. The van der Waals surface area contributed by atoms with Crippen LogP contribution in [0, 0.1) is 0 Å². The van der Waals surface area contributed by atoms with Gasteiger partial charge in [-0.15, -0.1) is 0 Å². The second kappa shape index (κ2) is 10.3. The summed E-state index contributed by atoms with van der Waals surface area (Å²) in [4.78, 5) is 35.8. The van der Waals surface area contributed by atoms with E-state index in [1.807, 2.05) is 54.3 Å². The number of aromatic nitrogens is 2. The van der Waals surface area contributed by atoms with Gasteiger partial charge >= 0.3 is 0 Å². The fraction of sp³-hybridized carbons (Fsp3) is 0.423. The maximum atomic E-state index is 13.4. The number of fused-ring (bicyclic) bond motifs is 2. The molecule has 0 radical (unpaired) electrons. The van der Waals surface area contributed by atoms with Crippen molar-refractivity contribution in [3.63, 3.8) is 0 Å². The Labute approximate surface area is 203 Å². The number of hydrogen-bond donors (Lipinski definition) is 0. The van der Waals surface area contributed by atoms with Crippen molar-refractivity contribution >= 4 is 34.3 Å². The molecule has 34 heavy (non-hydrogen) atoms. The van der Waals surface area contributed by atoms with Crippen LogP contribution in [0.3, 0.4) is 0 Å². The van der Waals surface area contributed by atoms with E-state index in [9.17, 15) is 9.59 Å². The van der Waals surface area contributed by atoms with Crippen molar-refractivity contribution in [2.45, 2.75) is 36.7 Å². The minimum absolute atomic E-state index is 0.0405. The van der Waals surface area contributed by atoms with Crippen LogP contribution in [0.1, 0.15) is 18.9 Å². The predicted molar refractivity (Wildman–Crippen MR) is 136 cm³/mol. The van der Waals surface area contributed by atoms with E-state index in [2.05, 4.69) is 11.0 Å². The molecule has 1 atom stereocenters. The molecule has 0 spiro atoms. The third-order valence-corrected chi connectivity index (χ3v) is 7.65. The van der Waals surface area contributed by atoms with Crippen LogP contribution < -0.4 is 10.5 Å². The van der Waals surface area contributed by atoms with E-state index in [1.54, 1.807) is 4.57 Å². The van der Waals surface area contributed by atoms with E-state index >= 15 is 0 Å². The summed E-state index contributed by atoms with van der Waals surface area (Å²) in [7, 11) is 0. The lowest BCUT2D eigenvalue weighted by atomic mass is 10.2. The fourth-order valence-electron chi connectivity index (χ4n) is 4.71. The Bertz CT molecular complexity index is 1240. The molecule has 3 aromatic rings. The third kappa shape index (κ3) is 4.76. The van der Waals surface area contributed by atoms with Gasteiger partial charge in [0.05, 0.1) is 29.4 Å². The topological polar surface area (TPSA) is 67.7 Å². The molecule has 2 aliphatic rings. The Balaban J connectivity index is 1.37. The summed E-state index contributed by atoms with van der Waals surface area (Å²) in [6, 6.07) is 15.5. The summed E-state index contributed by atoms with van der Waals surface area (Å²) in [5, 5.41) is 0.870. The molecule has 2 aliphatic heterocycles. The molecule has 8 heteroatoms. The molecule has 0 N–H and O–H groups in total. The van der Waals surface area contributed by atoms with Gasteiger partial charge < -0.3 is 9.64 Å². The molecule has 1 saturated heterocycles. The van der Waals surface area contributed by atoms with Crippen LogP contribution in [0.5, 0.6) is 0 Å². The van der Waals surface area contributed by atoms with Crippen LogP contribution in [0.4, 0.5) is 5.69 Å². The van der Waals surface area contributed by atoms with Gasteiger partial charge in [0.15, 0.2) is 5.16 Å². The number of thioether (sulfide) groups is 1. The fourth-order valence-corrected chi connectivity index (χ4v) is 5.70. The lowest BCUT2D eigenvalue weighted by Crippen LogP contribution is -2.37. The van der Waals surface area contributed by atoms with Crippen LogP contribution in [0.25, 0.3) is 10.9 Å². The number of carbonyl (C=O) groups is 1. The summed E-state index contributed by atoms with van der Waals surface area (Å²) in [5.74, 6) is 0.0530. The lowest BCUT2D eigenvalue weighted by Gasteiger charge is -2.26. The highest BCUT2D eigenvalue weighted by Gasteiger charge is 2.29. The van der Waals surface area contributed by atoms with E-state index in [-0.39, 0.29) is 16.7 Å². The zero-order valence-corrected chi connectivity index (χ0v) is 20.3. The molecule has 1 unspecified atom stereocenters. The molecule has 3 heterocycles. The van der Waals surface area contributed by atoms with Gasteiger partial charge in [-0.3, -0.25) is 19.1 Å².